The highest BCUT2D eigenvalue weighted by atomic mass is 35.5. The van der Waals surface area contributed by atoms with Crippen LogP contribution >= 0.6 is 22.9 Å². The molecule has 0 saturated heterocycles. The van der Waals surface area contributed by atoms with Crippen LogP contribution in [0, 0.1) is 17.5 Å². The van der Waals surface area contributed by atoms with Gasteiger partial charge in [-0.25, -0.2) is 41.3 Å². The lowest BCUT2D eigenvalue weighted by atomic mass is 10.1. The van der Waals surface area contributed by atoms with E-state index >= 15 is 4.39 Å². The molecule has 4 rings (SSSR count). The van der Waals surface area contributed by atoms with Gasteiger partial charge in [0.2, 0.25) is 5.28 Å². The van der Waals surface area contributed by atoms with Crippen molar-refractivity contribution in [2.45, 2.75) is 50.7 Å². The van der Waals surface area contributed by atoms with Crippen LogP contribution in [0.25, 0.3) is 21.8 Å². The fraction of sp³-hybridized carbons (Fsp3) is 0.259. The molecule has 222 valence electrons. The third kappa shape index (κ3) is 6.82. The molecule has 0 radical (unpaired) electrons. The molecule has 4 aromatic rings. The molecule has 9 nitrogen and oxygen atoms in total. The minimum absolute atomic E-state index is 0.0412. The highest BCUT2D eigenvalue weighted by Gasteiger charge is 2.33. The number of alkyl carbamates (subject to hydrolysis) is 1. The fourth-order valence-corrected chi connectivity index (χ4v) is 6.20. The molecule has 42 heavy (non-hydrogen) atoms. The standard InChI is InChI=1S/C27H25ClF3N5O4S2/c1-26(2,3)40-25(37)35-27(4,5)23-34-20(21(41-23)18-12-13-32-24(28)33-18)14-8-6-11-17(19(14)31)36-42(38,39)22-15(29)9-7-10-16(22)30/h6-13,36H,1-5H3,(H,35,37). The smallest absolute Gasteiger partial charge is 0.408 e. The summed E-state index contributed by atoms with van der Waals surface area (Å²) in [5.41, 5.74) is -2.30. The molecule has 2 aromatic heterocycles. The number of sulfonamides is 1. The van der Waals surface area contributed by atoms with Crippen LogP contribution < -0.4 is 10.0 Å². The van der Waals surface area contributed by atoms with E-state index in [0.29, 0.717) is 9.88 Å². The first-order valence-corrected chi connectivity index (χ1v) is 14.9. The number of anilines is 1. The second kappa shape index (κ2) is 11.5. The van der Waals surface area contributed by atoms with Crippen LogP contribution in [0.1, 0.15) is 39.6 Å². The van der Waals surface area contributed by atoms with Crippen LogP contribution in [0.2, 0.25) is 5.28 Å². The Hall–Kier alpha value is -3.75. The minimum atomic E-state index is -4.87. The lowest BCUT2D eigenvalue weighted by Gasteiger charge is -2.27. The predicted molar refractivity (Wildman–Crippen MR) is 153 cm³/mol. The summed E-state index contributed by atoms with van der Waals surface area (Å²) in [7, 11) is -4.87. The molecule has 0 saturated carbocycles. The molecule has 2 N–H and O–H groups in total. The number of nitrogens with one attached hydrogen (secondary N) is 2. The van der Waals surface area contributed by atoms with E-state index in [1.807, 2.05) is 4.72 Å². The molecule has 15 heteroatoms. The first-order valence-electron chi connectivity index (χ1n) is 12.3. The summed E-state index contributed by atoms with van der Waals surface area (Å²) in [5.74, 6) is -3.76. The first kappa shape index (κ1) is 31.2. The number of ether oxygens (including phenoxy) is 1. The van der Waals surface area contributed by atoms with Gasteiger partial charge < -0.3 is 10.1 Å². The Morgan fingerprint density at radius 3 is 2.24 bits per heavy atom. The number of carbonyl (C=O) groups excluding carboxylic acids is 1. The van der Waals surface area contributed by atoms with Crippen LogP contribution in [0.5, 0.6) is 0 Å². The molecule has 2 heterocycles. The Bertz CT molecular complexity index is 1760. The van der Waals surface area contributed by atoms with Crippen LogP contribution in [0.3, 0.4) is 0 Å². The molecule has 0 aliphatic carbocycles. The van der Waals surface area contributed by atoms with Crippen molar-refractivity contribution in [1.82, 2.24) is 20.3 Å². The van der Waals surface area contributed by atoms with Crippen molar-refractivity contribution >= 4 is 44.7 Å². The van der Waals surface area contributed by atoms with Crippen molar-refractivity contribution in [3.8, 4) is 21.8 Å². The summed E-state index contributed by atoms with van der Waals surface area (Å²) in [4.78, 5) is 24.3. The van der Waals surface area contributed by atoms with Gasteiger partial charge >= 0.3 is 6.09 Å². The van der Waals surface area contributed by atoms with E-state index in [-0.39, 0.29) is 22.2 Å². The number of aromatic nitrogens is 3. The van der Waals surface area contributed by atoms with Crippen LogP contribution in [0.4, 0.5) is 23.7 Å². The number of amides is 1. The summed E-state index contributed by atoms with van der Waals surface area (Å²) >= 11 is 7.09. The molecule has 0 bridgehead atoms. The molecule has 0 aliphatic rings. The number of carbonyl (C=O) groups is 1. The van der Waals surface area contributed by atoms with Crippen molar-refractivity contribution < 1.29 is 31.1 Å². The van der Waals surface area contributed by atoms with E-state index in [4.69, 9.17) is 16.3 Å². The van der Waals surface area contributed by atoms with Crippen molar-refractivity contribution in [2.75, 3.05) is 4.72 Å². The van der Waals surface area contributed by atoms with E-state index in [1.165, 1.54) is 24.4 Å². The number of hydrogen-bond donors (Lipinski definition) is 2. The number of rotatable bonds is 7. The molecule has 0 fully saturated rings. The molecule has 2 aromatic carbocycles. The summed E-state index contributed by atoms with van der Waals surface area (Å²) in [6, 6.07) is 7.85. The molecule has 0 aliphatic heterocycles. The summed E-state index contributed by atoms with van der Waals surface area (Å²) in [5, 5.41) is 2.98. The number of thiazole rings is 1. The van der Waals surface area contributed by atoms with Crippen LogP contribution in [-0.2, 0) is 20.3 Å². The van der Waals surface area contributed by atoms with Crippen molar-refractivity contribution in [3.63, 3.8) is 0 Å². The van der Waals surface area contributed by atoms with E-state index in [9.17, 15) is 22.0 Å². The highest BCUT2D eigenvalue weighted by Crippen LogP contribution is 2.41. The summed E-state index contributed by atoms with van der Waals surface area (Å²) < 4.78 is 77.4. The van der Waals surface area contributed by atoms with Crippen LogP contribution in [-0.4, -0.2) is 35.1 Å². The van der Waals surface area contributed by atoms with E-state index < -0.39 is 55.3 Å². The average Bonchev–Trinajstić information content (AvgIpc) is 3.30. The van der Waals surface area contributed by atoms with Crippen molar-refractivity contribution in [1.29, 1.82) is 0 Å². The molecule has 0 atom stereocenters. The zero-order valence-electron chi connectivity index (χ0n) is 22.9. The predicted octanol–water partition coefficient (Wildman–Crippen LogP) is 6.90. The Morgan fingerprint density at radius 1 is 0.976 bits per heavy atom. The summed E-state index contributed by atoms with van der Waals surface area (Å²) in [6.07, 6.45) is 0.681. The monoisotopic (exact) mass is 639 g/mol. The van der Waals surface area contributed by atoms with Gasteiger partial charge in [-0.15, -0.1) is 11.3 Å². The SMILES string of the molecule is CC(C)(C)OC(=O)NC(C)(C)c1nc(-c2cccc(NS(=O)(=O)c3c(F)cccc3F)c2F)c(-c2ccnc(Cl)n2)s1. The minimum Gasteiger partial charge on any atom is -0.444 e. The zero-order valence-corrected chi connectivity index (χ0v) is 25.3. The Morgan fingerprint density at radius 2 is 1.62 bits per heavy atom. The Kier molecular flexibility index (Phi) is 8.54. The Labute approximate surface area is 249 Å². The van der Waals surface area contributed by atoms with Crippen LogP contribution in [0.15, 0.2) is 53.6 Å². The number of hydrogen-bond acceptors (Lipinski definition) is 8. The van der Waals surface area contributed by atoms with Gasteiger partial charge in [0.1, 0.15) is 22.2 Å². The van der Waals surface area contributed by atoms with Gasteiger partial charge in [0.05, 0.1) is 27.5 Å². The Balaban J connectivity index is 1.82. The van der Waals surface area contributed by atoms with Gasteiger partial charge in [0, 0.05) is 11.8 Å². The normalized spacial score (nSPS) is 12.2. The first-order chi connectivity index (χ1) is 19.5. The third-order valence-electron chi connectivity index (χ3n) is 5.52. The topological polar surface area (TPSA) is 123 Å². The molecular formula is C27H25ClF3N5O4S2. The van der Waals surface area contributed by atoms with E-state index in [0.717, 1.165) is 35.6 Å². The largest absolute Gasteiger partial charge is 0.444 e. The average molecular weight is 640 g/mol. The van der Waals surface area contributed by atoms with E-state index in [2.05, 4.69) is 20.3 Å². The van der Waals surface area contributed by atoms with Gasteiger partial charge in [-0.05, 0) is 76.6 Å². The maximum absolute atomic E-state index is 16.0. The molecule has 0 unspecified atom stereocenters. The summed E-state index contributed by atoms with van der Waals surface area (Å²) in [6.45, 7) is 8.47. The second-order valence-corrected chi connectivity index (χ2v) is 13.4. The van der Waals surface area contributed by atoms with Gasteiger partial charge in [0.15, 0.2) is 10.7 Å². The van der Waals surface area contributed by atoms with Crippen molar-refractivity contribution in [2.24, 2.45) is 0 Å². The maximum Gasteiger partial charge on any atom is 0.408 e. The van der Waals surface area contributed by atoms with Gasteiger partial charge in [0.25, 0.3) is 10.0 Å². The fourth-order valence-electron chi connectivity index (χ4n) is 3.75. The molecular weight excluding hydrogens is 615 g/mol. The molecule has 0 spiro atoms. The highest BCUT2D eigenvalue weighted by molar-refractivity contribution is 7.92. The van der Waals surface area contributed by atoms with Gasteiger partial charge in [-0.3, -0.25) is 4.72 Å². The zero-order chi connectivity index (χ0) is 31.0. The number of halogens is 4. The second-order valence-electron chi connectivity index (χ2n) is 10.5. The number of nitrogens with zero attached hydrogens (tertiary/aromatic N) is 3. The lowest BCUT2D eigenvalue weighted by Crippen LogP contribution is -2.43. The maximum atomic E-state index is 16.0. The molecule has 1 amide bonds. The van der Waals surface area contributed by atoms with Gasteiger partial charge in [-0.2, -0.15) is 0 Å². The lowest BCUT2D eigenvalue weighted by molar-refractivity contribution is 0.0470. The van der Waals surface area contributed by atoms with Crippen molar-refractivity contribution in [3.05, 3.63) is 76.4 Å². The number of benzene rings is 2. The van der Waals surface area contributed by atoms with Gasteiger partial charge in [-0.1, -0.05) is 12.1 Å². The quantitative estimate of drug-likeness (QED) is 0.211. The van der Waals surface area contributed by atoms with E-state index in [1.54, 1.807) is 34.6 Å². The third-order valence-corrected chi connectivity index (χ3v) is 8.52.